The zero-order chi connectivity index (χ0) is 27.3. The van der Waals surface area contributed by atoms with Crippen molar-refractivity contribution in [3.05, 3.63) is 22.0 Å². The molecule has 8 nitrogen and oxygen atoms in total. The third kappa shape index (κ3) is 8.33. The molecule has 2 rings (SSSR count). The van der Waals surface area contributed by atoms with Crippen LogP contribution in [-0.4, -0.2) is 52.6 Å². The Balaban J connectivity index is 2.05. The van der Waals surface area contributed by atoms with Crippen LogP contribution in [0.2, 0.25) is 0 Å². The lowest BCUT2D eigenvalue weighted by atomic mass is 9.87. The summed E-state index contributed by atoms with van der Waals surface area (Å²) >= 11 is 0. The minimum atomic E-state index is -1.91. The molecule has 0 aromatic heterocycles. The maximum absolute atomic E-state index is 13.1. The zero-order valence-corrected chi connectivity index (χ0v) is 23.3. The molecule has 0 aromatic carbocycles. The molecule has 0 radical (unpaired) electrons. The van der Waals surface area contributed by atoms with E-state index in [4.69, 9.17) is 0 Å². The maximum Gasteiger partial charge on any atom is 0.309 e. The second-order valence-corrected chi connectivity index (χ2v) is 14.5. The van der Waals surface area contributed by atoms with Crippen LogP contribution in [0.1, 0.15) is 91.9 Å². The average Bonchev–Trinajstić information content (AvgIpc) is 2.76. The van der Waals surface area contributed by atoms with Crippen molar-refractivity contribution in [3.63, 3.8) is 0 Å². The highest BCUT2D eigenvalue weighted by Crippen LogP contribution is 2.29. The van der Waals surface area contributed by atoms with E-state index in [1.165, 1.54) is 12.2 Å². The number of aliphatic carboxylic acids is 2. The maximum atomic E-state index is 13.1. The number of carboxylic acid groups (broad SMARTS) is 2. The summed E-state index contributed by atoms with van der Waals surface area (Å²) in [5, 5.41) is 18.5. The lowest BCUT2D eigenvalue weighted by molar-refractivity contribution is -0.148. The molecule has 2 aliphatic rings. The van der Waals surface area contributed by atoms with Crippen molar-refractivity contribution in [2.75, 3.05) is 0 Å². The summed E-state index contributed by atoms with van der Waals surface area (Å²) in [5.74, 6) is -2.11. The van der Waals surface area contributed by atoms with Crippen LogP contribution < -0.4 is 0 Å². The minimum Gasteiger partial charge on any atom is -0.646 e. The van der Waals surface area contributed by atoms with E-state index in [0.717, 1.165) is 0 Å². The summed E-state index contributed by atoms with van der Waals surface area (Å²) in [6.45, 7) is 6.53. The largest absolute Gasteiger partial charge is 0.646 e. The van der Waals surface area contributed by atoms with Gasteiger partial charge in [0.25, 0.3) is 0 Å². The van der Waals surface area contributed by atoms with Gasteiger partial charge in [0.2, 0.25) is 0 Å². The van der Waals surface area contributed by atoms with Crippen molar-refractivity contribution < 1.29 is 38.5 Å². The Morgan fingerprint density at radius 1 is 0.750 bits per heavy atom. The van der Waals surface area contributed by atoms with E-state index >= 15 is 0 Å². The van der Waals surface area contributed by atoms with Crippen LogP contribution in [0.3, 0.4) is 0 Å². The van der Waals surface area contributed by atoms with Crippen LogP contribution in [0, 0.1) is 10.8 Å². The van der Waals surface area contributed by atoms with Gasteiger partial charge in [0, 0.05) is 37.8 Å². The van der Waals surface area contributed by atoms with Crippen molar-refractivity contribution in [2.24, 2.45) is 10.8 Å². The summed E-state index contributed by atoms with van der Waals surface area (Å²) in [5.41, 5.74) is -1.80. The van der Waals surface area contributed by atoms with Gasteiger partial charge in [-0.15, -0.1) is 0 Å². The van der Waals surface area contributed by atoms with E-state index in [1.54, 1.807) is 27.7 Å². The summed E-state index contributed by atoms with van der Waals surface area (Å²) in [6.07, 6.45) is 6.11. The molecular formula is C26H38O8S2. The first kappa shape index (κ1) is 30.3. The van der Waals surface area contributed by atoms with E-state index in [0.29, 0.717) is 64.5 Å². The molecule has 0 fully saturated rings. The second kappa shape index (κ2) is 12.6. The van der Waals surface area contributed by atoms with Gasteiger partial charge in [0.1, 0.15) is 0 Å². The predicted octanol–water partition coefficient (Wildman–Crippen LogP) is 3.35. The highest BCUT2D eigenvalue weighted by molar-refractivity contribution is 7.95. The summed E-state index contributed by atoms with van der Waals surface area (Å²) < 4.78 is 26.2. The fourth-order valence-corrected chi connectivity index (χ4v) is 7.49. The van der Waals surface area contributed by atoms with Gasteiger partial charge < -0.3 is 19.3 Å². The molecule has 0 aromatic rings. The lowest BCUT2D eigenvalue weighted by Crippen LogP contribution is -2.25. The molecule has 10 heteroatoms. The molecule has 2 N–H and O–H groups in total. The standard InChI is InChI=1S/C26H38O8S2/c1-25(2,23(29)30)11-5-7-19-13-17(27)15-21(35(19)33)9-10-22-16-18(28)14-20(36(22)34)8-6-12-26(3,4)24(31)32/h13,16,35-36H,5-12,14-15H2,1-4H3,(H2-2,29,30,31,32,33,34). The smallest absolute Gasteiger partial charge is 0.309 e. The number of rotatable bonds is 13. The first-order valence-corrected chi connectivity index (χ1v) is 14.7. The van der Waals surface area contributed by atoms with Gasteiger partial charge in [-0.1, -0.05) is 0 Å². The summed E-state index contributed by atoms with van der Waals surface area (Å²) in [6, 6.07) is 0. The number of ketones is 2. The Morgan fingerprint density at radius 3 is 1.58 bits per heavy atom. The van der Waals surface area contributed by atoms with Crippen molar-refractivity contribution in [2.45, 2.75) is 91.9 Å². The van der Waals surface area contributed by atoms with Gasteiger partial charge in [-0.05, 0) is 53.4 Å². The Morgan fingerprint density at radius 2 is 1.14 bits per heavy atom. The highest BCUT2D eigenvalue weighted by atomic mass is 32.2. The molecule has 2 aliphatic heterocycles. The van der Waals surface area contributed by atoms with Crippen LogP contribution in [0.4, 0.5) is 0 Å². The van der Waals surface area contributed by atoms with Gasteiger partial charge in [-0.2, -0.15) is 21.5 Å². The first-order chi connectivity index (χ1) is 16.6. The Labute approximate surface area is 217 Å². The van der Waals surface area contributed by atoms with E-state index in [-0.39, 0.29) is 30.8 Å². The average molecular weight is 543 g/mol. The molecule has 0 aliphatic carbocycles. The summed E-state index contributed by atoms with van der Waals surface area (Å²) in [4.78, 5) is 49.3. The molecule has 0 bridgehead atoms. The van der Waals surface area contributed by atoms with Crippen LogP contribution in [-0.2, 0) is 40.7 Å². The number of hydrogen-bond donors (Lipinski definition) is 2. The van der Waals surface area contributed by atoms with Crippen LogP contribution in [0.5, 0.6) is 0 Å². The quantitative estimate of drug-likeness (QED) is 0.204. The number of carboxylic acids is 2. The second-order valence-electron chi connectivity index (χ2n) is 10.9. The van der Waals surface area contributed by atoms with Crippen LogP contribution in [0.15, 0.2) is 22.0 Å². The number of carbonyl (C=O) groups is 4. The van der Waals surface area contributed by atoms with Crippen molar-refractivity contribution in [1.29, 1.82) is 0 Å². The van der Waals surface area contributed by atoms with Gasteiger partial charge in [0.15, 0.2) is 11.6 Å². The monoisotopic (exact) mass is 542 g/mol. The first-order valence-electron chi connectivity index (χ1n) is 12.2. The lowest BCUT2D eigenvalue weighted by Gasteiger charge is -2.23. The molecule has 2 heterocycles. The number of thiol groups is 2. The van der Waals surface area contributed by atoms with Crippen molar-refractivity contribution in [1.82, 2.24) is 0 Å². The molecule has 2 unspecified atom stereocenters. The third-order valence-electron chi connectivity index (χ3n) is 6.84. The SMILES string of the molecule is CC(C)(CCCC1=CC(=O)CC(CCC2=CC(=O)CC(CCCC(C)(C)C(=O)O)=[SH+]2[O-])=[SH+]1[O-])C(=O)O. The Hall–Kier alpha value is -1.88. The topological polar surface area (TPSA) is 155 Å². The predicted molar refractivity (Wildman–Crippen MR) is 144 cm³/mol. The molecule has 0 amide bonds. The highest BCUT2D eigenvalue weighted by Gasteiger charge is 2.29. The van der Waals surface area contributed by atoms with Crippen molar-refractivity contribution >= 4 is 54.8 Å². The van der Waals surface area contributed by atoms with Gasteiger partial charge >= 0.3 is 11.9 Å². The van der Waals surface area contributed by atoms with E-state index in [1.807, 2.05) is 0 Å². The molecular weight excluding hydrogens is 504 g/mol. The van der Waals surface area contributed by atoms with Crippen molar-refractivity contribution in [3.8, 4) is 0 Å². The van der Waals surface area contributed by atoms with Crippen LogP contribution in [0.25, 0.3) is 0 Å². The zero-order valence-electron chi connectivity index (χ0n) is 21.5. The Bertz CT molecular complexity index is 1030. The van der Waals surface area contributed by atoms with Crippen LogP contribution >= 0.6 is 0 Å². The number of hydrogen-bond acceptors (Lipinski definition) is 6. The Kier molecular flexibility index (Phi) is 10.6. The van der Waals surface area contributed by atoms with Gasteiger partial charge in [0.05, 0.1) is 43.2 Å². The summed E-state index contributed by atoms with van der Waals surface area (Å²) in [7, 11) is -3.81. The van der Waals surface area contributed by atoms with Gasteiger partial charge in [-0.3, -0.25) is 19.2 Å². The molecule has 36 heavy (non-hydrogen) atoms. The number of carbonyl (C=O) groups excluding carboxylic acids is 2. The third-order valence-corrected chi connectivity index (χ3v) is 10.5. The molecule has 2 atom stereocenters. The fourth-order valence-electron chi connectivity index (χ4n) is 4.20. The fraction of sp³-hybridized carbons (Fsp3) is 0.615. The van der Waals surface area contributed by atoms with E-state index < -0.39 is 44.3 Å². The van der Waals surface area contributed by atoms with E-state index in [9.17, 15) is 38.5 Å². The molecule has 0 saturated heterocycles. The molecule has 202 valence electrons. The molecule has 0 saturated carbocycles. The number of allylic oxidation sites excluding steroid dienone is 4. The minimum absolute atomic E-state index is 0.0537. The molecule has 0 spiro atoms. The van der Waals surface area contributed by atoms with Gasteiger partial charge in [-0.25, -0.2) is 0 Å². The van der Waals surface area contributed by atoms with E-state index in [2.05, 4.69) is 0 Å². The normalized spacial score (nSPS) is 21.4.